The lowest BCUT2D eigenvalue weighted by molar-refractivity contribution is 0.294. The third-order valence-corrected chi connectivity index (χ3v) is 4.57. The molecule has 1 aromatic carbocycles. The first kappa shape index (κ1) is 11.0. The first-order valence-electron chi connectivity index (χ1n) is 5.89. The van der Waals surface area contributed by atoms with Crippen molar-refractivity contribution >= 4 is 11.6 Å². The largest absolute Gasteiger partial charge is 0.0840 e. The smallest absolute Gasteiger partial charge is 0.0440 e. The van der Waals surface area contributed by atoms with Crippen LogP contribution in [0.5, 0.6) is 0 Å². The molecule has 0 aliphatic heterocycles. The van der Waals surface area contributed by atoms with Crippen LogP contribution in [0, 0.1) is 5.92 Å². The maximum Gasteiger partial charge on any atom is 0.0440 e. The zero-order valence-corrected chi connectivity index (χ0v) is 10.6. The van der Waals surface area contributed by atoms with E-state index >= 15 is 0 Å². The van der Waals surface area contributed by atoms with Crippen LogP contribution in [-0.4, -0.2) is 0 Å². The Hall–Kier alpha value is -0.490. The number of hydrogen-bond donors (Lipinski definition) is 0. The standard InChI is InChI=1S/C14H19Cl/c1-4-14(10(2)3)9-8-11-12(14)6-5-7-13(11)15/h5-7,10H,4,8-9H2,1-3H3. The number of halogens is 1. The van der Waals surface area contributed by atoms with Gasteiger partial charge in [0.05, 0.1) is 0 Å². The van der Waals surface area contributed by atoms with E-state index in [0.29, 0.717) is 11.3 Å². The zero-order chi connectivity index (χ0) is 11.1. The Bertz CT molecular complexity index is 368. The van der Waals surface area contributed by atoms with Gasteiger partial charge in [-0.25, -0.2) is 0 Å². The molecule has 0 nitrogen and oxygen atoms in total. The molecular weight excluding hydrogens is 204 g/mol. The lowest BCUT2D eigenvalue weighted by Crippen LogP contribution is -2.28. The highest BCUT2D eigenvalue weighted by atomic mass is 35.5. The molecule has 0 N–H and O–H groups in total. The maximum absolute atomic E-state index is 6.26. The van der Waals surface area contributed by atoms with Crippen LogP contribution in [0.15, 0.2) is 18.2 Å². The Balaban J connectivity index is 2.56. The molecule has 1 aromatic rings. The summed E-state index contributed by atoms with van der Waals surface area (Å²) in [4.78, 5) is 0. The van der Waals surface area contributed by atoms with Gasteiger partial charge in [0.15, 0.2) is 0 Å². The second-order valence-electron chi connectivity index (χ2n) is 4.93. The van der Waals surface area contributed by atoms with Crippen LogP contribution in [0.2, 0.25) is 5.02 Å². The minimum absolute atomic E-state index is 0.375. The van der Waals surface area contributed by atoms with Crippen molar-refractivity contribution in [3.63, 3.8) is 0 Å². The second-order valence-corrected chi connectivity index (χ2v) is 5.34. The van der Waals surface area contributed by atoms with Crippen LogP contribution in [0.1, 0.15) is 44.7 Å². The number of fused-ring (bicyclic) bond motifs is 1. The van der Waals surface area contributed by atoms with Crippen LogP contribution in [0.4, 0.5) is 0 Å². The first-order valence-corrected chi connectivity index (χ1v) is 6.27. The van der Waals surface area contributed by atoms with E-state index in [1.165, 1.54) is 24.0 Å². The van der Waals surface area contributed by atoms with Gasteiger partial charge < -0.3 is 0 Å². The van der Waals surface area contributed by atoms with Crippen molar-refractivity contribution in [2.45, 2.75) is 45.4 Å². The summed E-state index contributed by atoms with van der Waals surface area (Å²) in [7, 11) is 0. The Kier molecular flexibility index (Phi) is 2.81. The lowest BCUT2D eigenvalue weighted by Gasteiger charge is -2.33. The third kappa shape index (κ3) is 1.50. The summed E-state index contributed by atoms with van der Waals surface area (Å²) in [6.45, 7) is 6.97. The number of hydrogen-bond acceptors (Lipinski definition) is 0. The third-order valence-electron chi connectivity index (χ3n) is 4.21. The Labute approximate surface area is 97.6 Å². The summed E-state index contributed by atoms with van der Waals surface area (Å²) < 4.78 is 0. The van der Waals surface area contributed by atoms with Gasteiger partial charge in [-0.3, -0.25) is 0 Å². The molecule has 15 heavy (non-hydrogen) atoms. The molecule has 0 aromatic heterocycles. The molecule has 2 rings (SSSR count). The molecule has 1 aliphatic rings. The van der Waals surface area contributed by atoms with E-state index in [4.69, 9.17) is 11.6 Å². The topological polar surface area (TPSA) is 0 Å². The zero-order valence-electron chi connectivity index (χ0n) is 9.81. The fourth-order valence-corrected chi connectivity index (χ4v) is 3.41. The van der Waals surface area contributed by atoms with Crippen molar-refractivity contribution in [3.05, 3.63) is 34.3 Å². The Morgan fingerprint density at radius 1 is 1.40 bits per heavy atom. The van der Waals surface area contributed by atoms with Gasteiger partial charge in [-0.05, 0) is 47.8 Å². The average molecular weight is 223 g/mol. The summed E-state index contributed by atoms with van der Waals surface area (Å²) in [5.74, 6) is 0.696. The number of benzene rings is 1. The Morgan fingerprint density at radius 3 is 2.73 bits per heavy atom. The minimum Gasteiger partial charge on any atom is -0.0840 e. The SMILES string of the molecule is CCC1(C(C)C)CCc2c(Cl)cccc21. The first-order chi connectivity index (χ1) is 7.12. The van der Waals surface area contributed by atoms with Crippen LogP contribution < -0.4 is 0 Å². The van der Waals surface area contributed by atoms with Gasteiger partial charge in [0.25, 0.3) is 0 Å². The van der Waals surface area contributed by atoms with Gasteiger partial charge >= 0.3 is 0 Å². The van der Waals surface area contributed by atoms with Crippen molar-refractivity contribution in [3.8, 4) is 0 Å². The predicted molar refractivity (Wildman–Crippen MR) is 66.6 cm³/mol. The van der Waals surface area contributed by atoms with Crippen molar-refractivity contribution in [1.82, 2.24) is 0 Å². The van der Waals surface area contributed by atoms with Gasteiger partial charge in [-0.1, -0.05) is 44.5 Å². The molecule has 0 saturated carbocycles. The fourth-order valence-electron chi connectivity index (χ4n) is 3.14. The molecule has 0 heterocycles. The van der Waals surface area contributed by atoms with E-state index in [-0.39, 0.29) is 0 Å². The summed E-state index contributed by atoms with van der Waals surface area (Å²) in [5, 5.41) is 0.962. The van der Waals surface area contributed by atoms with Crippen LogP contribution in [0.3, 0.4) is 0 Å². The van der Waals surface area contributed by atoms with Gasteiger partial charge in [-0.15, -0.1) is 0 Å². The van der Waals surface area contributed by atoms with Crippen molar-refractivity contribution in [2.75, 3.05) is 0 Å². The molecule has 0 radical (unpaired) electrons. The van der Waals surface area contributed by atoms with E-state index < -0.39 is 0 Å². The van der Waals surface area contributed by atoms with Crippen molar-refractivity contribution in [2.24, 2.45) is 5.92 Å². The normalized spacial score (nSPS) is 24.6. The molecule has 0 saturated heterocycles. The highest BCUT2D eigenvalue weighted by Gasteiger charge is 2.40. The van der Waals surface area contributed by atoms with Gasteiger partial charge in [0.2, 0.25) is 0 Å². The molecule has 0 spiro atoms. The van der Waals surface area contributed by atoms with Crippen LogP contribution >= 0.6 is 11.6 Å². The highest BCUT2D eigenvalue weighted by molar-refractivity contribution is 6.31. The average Bonchev–Trinajstić information content (AvgIpc) is 2.59. The quantitative estimate of drug-likeness (QED) is 0.687. The molecule has 0 amide bonds. The summed E-state index contributed by atoms with van der Waals surface area (Å²) in [6, 6.07) is 6.39. The van der Waals surface area contributed by atoms with Crippen molar-refractivity contribution in [1.29, 1.82) is 0 Å². The van der Waals surface area contributed by atoms with Gasteiger partial charge in [0, 0.05) is 5.02 Å². The van der Waals surface area contributed by atoms with Gasteiger partial charge in [0.1, 0.15) is 0 Å². The monoisotopic (exact) mass is 222 g/mol. The maximum atomic E-state index is 6.26. The molecule has 1 unspecified atom stereocenters. The van der Waals surface area contributed by atoms with E-state index in [0.717, 1.165) is 11.4 Å². The molecule has 0 fully saturated rings. The lowest BCUT2D eigenvalue weighted by atomic mass is 9.71. The minimum atomic E-state index is 0.375. The van der Waals surface area contributed by atoms with Crippen LogP contribution in [0.25, 0.3) is 0 Å². The highest BCUT2D eigenvalue weighted by Crippen LogP contribution is 2.48. The van der Waals surface area contributed by atoms with Crippen LogP contribution in [-0.2, 0) is 11.8 Å². The van der Waals surface area contributed by atoms with E-state index in [1.807, 2.05) is 6.07 Å². The van der Waals surface area contributed by atoms with E-state index in [9.17, 15) is 0 Å². The summed E-state index contributed by atoms with van der Waals surface area (Å²) in [6.07, 6.45) is 3.64. The molecule has 82 valence electrons. The Morgan fingerprint density at radius 2 is 2.13 bits per heavy atom. The molecule has 1 aliphatic carbocycles. The molecule has 0 bridgehead atoms. The van der Waals surface area contributed by atoms with E-state index in [1.54, 1.807) is 0 Å². The summed E-state index contributed by atoms with van der Waals surface area (Å²) in [5.41, 5.74) is 3.28. The van der Waals surface area contributed by atoms with E-state index in [2.05, 4.69) is 32.9 Å². The molecule has 1 atom stereocenters. The van der Waals surface area contributed by atoms with Crippen molar-refractivity contribution < 1.29 is 0 Å². The molecule has 1 heteroatoms. The predicted octanol–water partition coefficient (Wildman–Crippen LogP) is 4.59. The molecular formula is C14H19Cl. The summed E-state index contributed by atoms with van der Waals surface area (Å²) >= 11 is 6.26. The fraction of sp³-hybridized carbons (Fsp3) is 0.571. The number of rotatable bonds is 2. The van der Waals surface area contributed by atoms with Gasteiger partial charge in [-0.2, -0.15) is 0 Å². The second kappa shape index (κ2) is 3.83.